The maximum Gasteiger partial charge on any atom is 0.311 e. The van der Waals surface area contributed by atoms with Crippen LogP contribution in [0.5, 0.6) is 0 Å². The fourth-order valence-corrected chi connectivity index (χ4v) is 3.50. The summed E-state index contributed by atoms with van der Waals surface area (Å²) in [6.45, 7) is 3.38. The number of carboxylic acids is 1. The van der Waals surface area contributed by atoms with Crippen LogP contribution in [0.1, 0.15) is 65.2 Å². The first-order valence-corrected chi connectivity index (χ1v) is 7.93. The summed E-state index contributed by atoms with van der Waals surface area (Å²) in [5.74, 6) is -1.27. The van der Waals surface area contributed by atoms with Gasteiger partial charge in [-0.3, -0.25) is 19.3 Å². The number of nitrogens with zero attached hydrogens (tertiary/aromatic N) is 1. The predicted octanol–water partition coefficient (Wildman–Crippen LogP) is 2.59. The number of hydrogen-bond donors (Lipinski definition) is 1. The Balaban J connectivity index is 2.20. The smallest absolute Gasteiger partial charge is 0.311 e. The van der Waals surface area contributed by atoms with Gasteiger partial charge in [-0.05, 0) is 26.2 Å². The van der Waals surface area contributed by atoms with Crippen molar-refractivity contribution in [2.75, 3.05) is 6.54 Å². The molecule has 1 aliphatic carbocycles. The van der Waals surface area contributed by atoms with Crippen molar-refractivity contribution in [3.8, 4) is 0 Å². The Labute approximate surface area is 125 Å². The molecule has 0 aromatic carbocycles. The van der Waals surface area contributed by atoms with E-state index < -0.39 is 16.8 Å². The van der Waals surface area contributed by atoms with E-state index in [-0.39, 0.29) is 24.8 Å². The monoisotopic (exact) mass is 295 g/mol. The van der Waals surface area contributed by atoms with E-state index in [1.165, 1.54) is 4.90 Å². The zero-order valence-electron chi connectivity index (χ0n) is 13.0. The van der Waals surface area contributed by atoms with Gasteiger partial charge >= 0.3 is 5.97 Å². The van der Waals surface area contributed by atoms with Gasteiger partial charge in [0.2, 0.25) is 11.8 Å². The summed E-state index contributed by atoms with van der Waals surface area (Å²) < 4.78 is 0. The largest absolute Gasteiger partial charge is 0.481 e. The lowest BCUT2D eigenvalue weighted by Crippen LogP contribution is -2.45. The summed E-state index contributed by atoms with van der Waals surface area (Å²) in [6.07, 6.45) is 6.40. The van der Waals surface area contributed by atoms with Gasteiger partial charge in [0.1, 0.15) is 0 Å². The van der Waals surface area contributed by atoms with Crippen LogP contribution >= 0.6 is 0 Å². The maximum absolute atomic E-state index is 12.8. The predicted molar refractivity (Wildman–Crippen MR) is 77.5 cm³/mol. The van der Waals surface area contributed by atoms with E-state index in [1.807, 2.05) is 0 Å². The molecular formula is C16H25NO4. The molecule has 1 heterocycles. The molecule has 0 aromatic rings. The first-order chi connectivity index (χ1) is 9.84. The van der Waals surface area contributed by atoms with E-state index in [4.69, 9.17) is 0 Å². The van der Waals surface area contributed by atoms with Crippen LogP contribution in [0.15, 0.2) is 0 Å². The summed E-state index contributed by atoms with van der Waals surface area (Å²) in [5, 5.41) is 9.36. The number of aliphatic carboxylic acids is 1. The van der Waals surface area contributed by atoms with Gasteiger partial charge in [0.25, 0.3) is 0 Å². The number of hydrogen-bond acceptors (Lipinski definition) is 3. The molecule has 1 aliphatic heterocycles. The minimum atomic E-state index is -1.05. The van der Waals surface area contributed by atoms with Gasteiger partial charge in [-0.2, -0.15) is 0 Å². The Kier molecular flexibility index (Phi) is 4.40. The fraction of sp³-hybridized carbons (Fsp3) is 0.812. The average Bonchev–Trinajstić information content (AvgIpc) is 2.64. The van der Waals surface area contributed by atoms with Crippen LogP contribution in [0, 0.1) is 10.8 Å². The molecule has 1 saturated heterocycles. The van der Waals surface area contributed by atoms with Gasteiger partial charge in [0, 0.05) is 13.0 Å². The van der Waals surface area contributed by atoms with Gasteiger partial charge in [-0.15, -0.1) is 0 Å². The highest BCUT2D eigenvalue weighted by atomic mass is 16.4. The van der Waals surface area contributed by atoms with Crippen LogP contribution in [-0.2, 0) is 14.4 Å². The van der Waals surface area contributed by atoms with E-state index in [0.717, 1.165) is 38.5 Å². The van der Waals surface area contributed by atoms with E-state index in [2.05, 4.69) is 0 Å². The van der Waals surface area contributed by atoms with Crippen molar-refractivity contribution in [1.29, 1.82) is 0 Å². The number of carbonyl (C=O) groups excluding carboxylic acids is 2. The summed E-state index contributed by atoms with van der Waals surface area (Å²) in [4.78, 5) is 37.7. The Bertz CT molecular complexity index is 451. The van der Waals surface area contributed by atoms with Crippen LogP contribution in [0.4, 0.5) is 0 Å². The van der Waals surface area contributed by atoms with Crippen molar-refractivity contribution in [2.45, 2.75) is 65.2 Å². The van der Waals surface area contributed by atoms with Gasteiger partial charge < -0.3 is 5.11 Å². The van der Waals surface area contributed by atoms with Crippen molar-refractivity contribution >= 4 is 17.8 Å². The summed E-state index contributed by atoms with van der Waals surface area (Å²) in [5.41, 5.74) is -1.59. The zero-order valence-corrected chi connectivity index (χ0v) is 13.0. The summed E-state index contributed by atoms with van der Waals surface area (Å²) >= 11 is 0. The van der Waals surface area contributed by atoms with Crippen molar-refractivity contribution in [3.05, 3.63) is 0 Å². The second-order valence-electron chi connectivity index (χ2n) is 6.88. The molecule has 2 amide bonds. The molecule has 1 atom stereocenters. The molecule has 2 rings (SSSR count). The molecule has 0 bridgehead atoms. The fourth-order valence-electron chi connectivity index (χ4n) is 3.50. The Morgan fingerprint density at radius 3 is 2.29 bits per heavy atom. The normalized spacial score (nSPS) is 25.0. The van der Waals surface area contributed by atoms with Gasteiger partial charge in [0.05, 0.1) is 10.8 Å². The molecule has 1 saturated carbocycles. The molecule has 21 heavy (non-hydrogen) atoms. The summed E-state index contributed by atoms with van der Waals surface area (Å²) in [7, 11) is 0. The number of imide groups is 1. The first-order valence-electron chi connectivity index (χ1n) is 7.93. The first kappa shape index (κ1) is 16.0. The minimum absolute atomic E-state index is 0.00174. The lowest BCUT2D eigenvalue weighted by molar-refractivity contribution is -0.153. The van der Waals surface area contributed by atoms with E-state index in [0.29, 0.717) is 6.42 Å². The van der Waals surface area contributed by atoms with Crippen molar-refractivity contribution < 1.29 is 19.5 Å². The quantitative estimate of drug-likeness (QED) is 0.809. The highest BCUT2D eigenvalue weighted by Crippen LogP contribution is 2.45. The molecule has 5 heteroatoms. The molecule has 1 unspecified atom stereocenters. The summed E-state index contributed by atoms with van der Waals surface area (Å²) in [6, 6.07) is 0. The highest BCUT2D eigenvalue weighted by molar-refractivity contribution is 6.06. The van der Waals surface area contributed by atoms with Gasteiger partial charge in [-0.25, -0.2) is 0 Å². The lowest BCUT2D eigenvalue weighted by Gasteiger charge is -2.30. The Hall–Kier alpha value is -1.39. The van der Waals surface area contributed by atoms with E-state index in [1.54, 1.807) is 13.8 Å². The Morgan fingerprint density at radius 1 is 1.24 bits per heavy atom. The van der Waals surface area contributed by atoms with Gasteiger partial charge in [-0.1, -0.05) is 32.6 Å². The highest BCUT2D eigenvalue weighted by Gasteiger charge is 2.52. The van der Waals surface area contributed by atoms with E-state index >= 15 is 0 Å². The van der Waals surface area contributed by atoms with Crippen LogP contribution in [-0.4, -0.2) is 34.3 Å². The average molecular weight is 295 g/mol. The molecule has 2 fully saturated rings. The van der Waals surface area contributed by atoms with Crippen LogP contribution in [0.2, 0.25) is 0 Å². The topological polar surface area (TPSA) is 74.7 Å². The molecule has 5 nitrogen and oxygen atoms in total. The number of carbonyl (C=O) groups is 3. The molecule has 1 spiro atoms. The van der Waals surface area contributed by atoms with Crippen LogP contribution in [0.3, 0.4) is 0 Å². The van der Waals surface area contributed by atoms with Crippen molar-refractivity contribution in [1.82, 2.24) is 4.90 Å². The van der Waals surface area contributed by atoms with Crippen molar-refractivity contribution in [2.24, 2.45) is 10.8 Å². The van der Waals surface area contributed by atoms with Crippen LogP contribution in [0.25, 0.3) is 0 Å². The standard InChI is InChI=1S/C16H25NO4/c1-3-15(2,14(20)21)11-17-12(18)10-16(13(17)19)8-6-4-5-7-9-16/h3-11H2,1-2H3,(H,20,21). The molecular weight excluding hydrogens is 270 g/mol. The molecule has 0 radical (unpaired) electrons. The van der Waals surface area contributed by atoms with Gasteiger partial charge in [0.15, 0.2) is 0 Å². The molecule has 1 N–H and O–H groups in total. The third kappa shape index (κ3) is 2.83. The lowest BCUT2D eigenvalue weighted by atomic mass is 9.79. The molecule has 2 aliphatic rings. The Morgan fingerprint density at radius 2 is 1.81 bits per heavy atom. The maximum atomic E-state index is 12.8. The number of rotatable bonds is 4. The number of amides is 2. The molecule has 118 valence electrons. The second-order valence-corrected chi connectivity index (χ2v) is 6.88. The number of likely N-dealkylation sites (tertiary alicyclic amines) is 1. The minimum Gasteiger partial charge on any atom is -0.481 e. The third-order valence-corrected chi connectivity index (χ3v) is 5.35. The van der Waals surface area contributed by atoms with Crippen molar-refractivity contribution in [3.63, 3.8) is 0 Å². The van der Waals surface area contributed by atoms with E-state index in [9.17, 15) is 19.5 Å². The molecule has 0 aromatic heterocycles. The SMILES string of the molecule is CCC(C)(CN1C(=O)CC2(CCCCCC2)C1=O)C(=O)O. The number of carboxylic acid groups (broad SMARTS) is 1. The van der Waals surface area contributed by atoms with Crippen LogP contribution < -0.4 is 0 Å². The third-order valence-electron chi connectivity index (χ3n) is 5.35. The zero-order chi connectivity index (χ0) is 15.7. The second kappa shape index (κ2) is 5.78.